The van der Waals surface area contributed by atoms with Crippen LogP contribution in [-0.4, -0.2) is 48.4 Å². The molecule has 35 heavy (non-hydrogen) atoms. The predicted molar refractivity (Wildman–Crippen MR) is 141 cm³/mol. The molecule has 1 amide bonds. The number of likely N-dealkylation sites (tertiary alicyclic amines) is 1. The number of rotatable bonds is 3. The predicted octanol–water partition coefficient (Wildman–Crippen LogP) is 6.36. The van der Waals surface area contributed by atoms with Gasteiger partial charge in [0.05, 0.1) is 6.42 Å². The third kappa shape index (κ3) is 3.03. The third-order valence-corrected chi connectivity index (χ3v) is 12.7. The number of hydrogen-bond acceptors (Lipinski definition) is 2. The maximum Gasteiger partial charge on any atom is 0.226 e. The zero-order valence-corrected chi connectivity index (χ0v) is 22.5. The molecule has 188 valence electrons. The van der Waals surface area contributed by atoms with Gasteiger partial charge in [0, 0.05) is 30.7 Å². The molecule has 2 spiro atoms. The number of carbonyl (C=O) groups excluding carboxylic acids is 1. The zero-order chi connectivity index (χ0) is 24.2. The van der Waals surface area contributed by atoms with E-state index in [2.05, 4.69) is 24.9 Å². The van der Waals surface area contributed by atoms with E-state index in [9.17, 15) is 4.79 Å². The van der Waals surface area contributed by atoms with Crippen LogP contribution in [0.1, 0.15) is 70.3 Å². The van der Waals surface area contributed by atoms with Crippen molar-refractivity contribution in [1.29, 1.82) is 0 Å². The van der Waals surface area contributed by atoms with Crippen molar-refractivity contribution in [2.24, 2.45) is 34.0 Å². The Kier molecular flexibility index (Phi) is 4.96. The van der Waals surface area contributed by atoms with Crippen LogP contribution >= 0.6 is 11.6 Å². The summed E-state index contributed by atoms with van der Waals surface area (Å²) < 4.78 is 0. The summed E-state index contributed by atoms with van der Waals surface area (Å²) >= 11 is 6.15. The van der Waals surface area contributed by atoms with Gasteiger partial charge < -0.3 is 9.80 Å². The second-order valence-electron chi connectivity index (χ2n) is 13.5. The van der Waals surface area contributed by atoms with Crippen molar-refractivity contribution in [3.05, 3.63) is 46.5 Å². The van der Waals surface area contributed by atoms with Gasteiger partial charge in [0.25, 0.3) is 0 Å². The number of hydrogen-bond donors (Lipinski definition) is 0. The van der Waals surface area contributed by atoms with Gasteiger partial charge in [-0.05, 0) is 117 Å². The summed E-state index contributed by atoms with van der Waals surface area (Å²) in [6, 6.07) is 8.98. The van der Waals surface area contributed by atoms with Gasteiger partial charge in [-0.25, -0.2) is 0 Å². The van der Waals surface area contributed by atoms with Crippen molar-refractivity contribution < 1.29 is 4.79 Å². The highest BCUT2D eigenvalue weighted by atomic mass is 35.5. The first-order chi connectivity index (χ1) is 16.8. The van der Waals surface area contributed by atoms with E-state index >= 15 is 0 Å². The van der Waals surface area contributed by atoms with E-state index < -0.39 is 0 Å². The van der Waals surface area contributed by atoms with Crippen LogP contribution in [0.4, 0.5) is 0 Å². The summed E-state index contributed by atoms with van der Waals surface area (Å²) in [7, 11) is 4.43. The number of piperidine rings is 1. The molecule has 0 bridgehead atoms. The van der Waals surface area contributed by atoms with Crippen LogP contribution in [0.3, 0.4) is 0 Å². The fourth-order valence-electron chi connectivity index (χ4n) is 10.7. The lowest BCUT2D eigenvalue weighted by atomic mass is 9.46. The smallest absolute Gasteiger partial charge is 0.226 e. The Morgan fingerprint density at radius 1 is 1.14 bits per heavy atom. The SMILES string of the molecule is CN1C[C@]23CCC4[C@@H](CC=C5C[C@@H](N(C)C(=O)Cc6cccc(Cl)c6)CC[C@@]54C)[C@@H]2CC[C@@]32C[C@H]12. The first-order valence-corrected chi connectivity index (χ1v) is 14.6. The van der Waals surface area contributed by atoms with Crippen LogP contribution in [0.15, 0.2) is 35.9 Å². The second-order valence-corrected chi connectivity index (χ2v) is 13.9. The van der Waals surface area contributed by atoms with Crippen LogP contribution < -0.4 is 0 Å². The van der Waals surface area contributed by atoms with Gasteiger partial charge in [0.1, 0.15) is 0 Å². The maximum atomic E-state index is 13.1. The fourth-order valence-corrected chi connectivity index (χ4v) is 10.9. The molecule has 4 saturated carbocycles. The van der Waals surface area contributed by atoms with Gasteiger partial charge in [-0.3, -0.25) is 4.79 Å². The first-order valence-electron chi connectivity index (χ1n) is 14.2. The van der Waals surface area contributed by atoms with E-state index in [-0.39, 0.29) is 5.91 Å². The molecule has 3 nitrogen and oxygen atoms in total. The molecule has 0 aromatic heterocycles. The monoisotopic (exact) mass is 492 g/mol. The summed E-state index contributed by atoms with van der Waals surface area (Å²) in [6.45, 7) is 3.98. The van der Waals surface area contributed by atoms with Crippen LogP contribution in [-0.2, 0) is 11.2 Å². The highest BCUT2D eigenvalue weighted by Crippen LogP contribution is 2.80. The number of benzene rings is 1. The summed E-state index contributed by atoms with van der Waals surface area (Å²) in [5.41, 5.74) is 4.37. The number of nitrogens with zero attached hydrogens (tertiary/aromatic N) is 2. The molecule has 1 unspecified atom stereocenters. The molecule has 8 atom stereocenters. The molecule has 5 fully saturated rings. The topological polar surface area (TPSA) is 23.6 Å². The minimum atomic E-state index is 0.218. The molecule has 0 radical (unpaired) electrons. The molecule has 1 aromatic rings. The first kappa shape index (κ1) is 22.8. The molecule has 1 aliphatic heterocycles. The van der Waals surface area contributed by atoms with Crippen LogP contribution in [0.2, 0.25) is 5.02 Å². The average Bonchev–Trinajstić information content (AvgIpc) is 3.42. The van der Waals surface area contributed by atoms with Gasteiger partial charge in [-0.2, -0.15) is 0 Å². The van der Waals surface area contributed by atoms with E-state index in [4.69, 9.17) is 11.6 Å². The quantitative estimate of drug-likeness (QED) is 0.458. The Morgan fingerprint density at radius 3 is 2.74 bits per heavy atom. The number of halogens is 1. The van der Waals surface area contributed by atoms with Gasteiger partial charge in [0.2, 0.25) is 5.91 Å². The van der Waals surface area contributed by atoms with Crippen molar-refractivity contribution >= 4 is 17.5 Å². The Bertz CT molecular complexity index is 1100. The number of carbonyl (C=O) groups is 1. The lowest BCUT2D eigenvalue weighted by Gasteiger charge is -2.59. The minimum Gasteiger partial charge on any atom is -0.342 e. The van der Waals surface area contributed by atoms with E-state index in [0.717, 1.165) is 42.2 Å². The molecule has 1 heterocycles. The third-order valence-electron chi connectivity index (χ3n) is 12.5. The Hall–Kier alpha value is -1.32. The van der Waals surface area contributed by atoms with E-state index in [1.807, 2.05) is 36.2 Å². The Morgan fingerprint density at radius 2 is 1.94 bits per heavy atom. The van der Waals surface area contributed by atoms with E-state index in [1.54, 1.807) is 5.57 Å². The number of amides is 1. The van der Waals surface area contributed by atoms with Crippen LogP contribution in [0, 0.1) is 34.0 Å². The fraction of sp³-hybridized carbons (Fsp3) is 0.710. The van der Waals surface area contributed by atoms with Crippen molar-refractivity contribution in [3.8, 4) is 0 Å². The summed E-state index contributed by atoms with van der Waals surface area (Å²) in [5, 5.41) is 0.706. The van der Waals surface area contributed by atoms with Crippen molar-refractivity contribution in [2.75, 3.05) is 20.6 Å². The average molecular weight is 493 g/mol. The molecule has 4 heteroatoms. The number of fused-ring (bicyclic) bond motifs is 4. The van der Waals surface area contributed by atoms with E-state index in [1.165, 1.54) is 51.5 Å². The van der Waals surface area contributed by atoms with Crippen LogP contribution in [0.25, 0.3) is 0 Å². The van der Waals surface area contributed by atoms with Crippen LogP contribution in [0.5, 0.6) is 0 Å². The highest BCUT2D eigenvalue weighted by Gasteiger charge is 2.78. The molecule has 7 rings (SSSR count). The van der Waals surface area contributed by atoms with Gasteiger partial charge in [-0.1, -0.05) is 42.3 Å². The molecule has 5 aliphatic carbocycles. The molecule has 0 N–H and O–H groups in total. The Labute approximate surface area is 216 Å². The standard InChI is InChI=1S/C31H41ClN2O/c1-29-12-9-23(34(3)28(35)16-20-5-4-6-22(32)15-20)17-21(29)7-8-24-25(29)10-14-31-19-33(2)27-18-30(27,31)13-11-26(24)31/h4-7,15,23-27H,8-14,16-19H2,1-3H3/t23-,24+,25?,26-,27-,29-,30-,31+/m0/s1. The molecule has 6 aliphatic rings. The van der Waals surface area contributed by atoms with Gasteiger partial charge >= 0.3 is 0 Å². The molecular formula is C31H41ClN2O. The molecule has 1 saturated heterocycles. The summed E-state index contributed by atoms with van der Waals surface area (Å²) in [6.07, 6.45) is 15.3. The normalized spacial score (nSPS) is 45.5. The maximum absolute atomic E-state index is 13.1. The highest BCUT2D eigenvalue weighted by molar-refractivity contribution is 6.30. The largest absolute Gasteiger partial charge is 0.342 e. The minimum absolute atomic E-state index is 0.218. The van der Waals surface area contributed by atoms with Crippen molar-refractivity contribution in [3.63, 3.8) is 0 Å². The number of likely N-dealkylation sites (N-methyl/N-ethyl adjacent to an activating group) is 1. The Balaban J connectivity index is 1.08. The summed E-state index contributed by atoms with van der Waals surface area (Å²) in [4.78, 5) is 17.9. The van der Waals surface area contributed by atoms with E-state index in [0.29, 0.717) is 33.7 Å². The van der Waals surface area contributed by atoms with Crippen molar-refractivity contribution in [1.82, 2.24) is 9.80 Å². The lowest BCUT2D eigenvalue weighted by Crippen LogP contribution is -2.53. The van der Waals surface area contributed by atoms with Crippen molar-refractivity contribution in [2.45, 2.75) is 83.2 Å². The molecule has 1 aromatic carbocycles. The summed E-state index contributed by atoms with van der Waals surface area (Å²) in [5.74, 6) is 2.91. The number of allylic oxidation sites excluding steroid dienone is 1. The molecular weight excluding hydrogens is 452 g/mol. The van der Waals surface area contributed by atoms with Gasteiger partial charge in [0.15, 0.2) is 0 Å². The second kappa shape index (κ2) is 7.60. The van der Waals surface area contributed by atoms with Gasteiger partial charge in [-0.15, -0.1) is 0 Å². The lowest BCUT2D eigenvalue weighted by molar-refractivity contribution is -0.132. The zero-order valence-electron chi connectivity index (χ0n) is 21.7.